The number of carbonyl (C=O) groups excluding carboxylic acids is 1. The molecular formula is C20H32N2O3. The Labute approximate surface area is 151 Å². The zero-order chi connectivity index (χ0) is 18.4. The number of benzene rings is 1. The molecule has 0 aliphatic carbocycles. The van der Waals surface area contributed by atoms with Crippen molar-refractivity contribution < 1.29 is 14.6 Å². The number of carbonyl (C=O) groups is 1. The van der Waals surface area contributed by atoms with Crippen molar-refractivity contribution in [2.45, 2.75) is 64.8 Å². The maximum Gasteiger partial charge on any atom is 0.410 e. The third kappa shape index (κ3) is 6.01. The monoisotopic (exact) mass is 348 g/mol. The number of hydrogen-bond acceptors (Lipinski definition) is 4. The van der Waals surface area contributed by atoms with Crippen LogP contribution in [-0.4, -0.2) is 58.4 Å². The highest BCUT2D eigenvalue weighted by molar-refractivity contribution is 5.69. The fourth-order valence-electron chi connectivity index (χ4n) is 3.33. The molecule has 1 fully saturated rings. The van der Waals surface area contributed by atoms with Gasteiger partial charge in [-0.25, -0.2) is 4.79 Å². The summed E-state index contributed by atoms with van der Waals surface area (Å²) in [7, 11) is 0. The number of nitrogens with zero attached hydrogens (tertiary/aromatic N) is 2. The molecule has 1 aliphatic heterocycles. The highest BCUT2D eigenvalue weighted by atomic mass is 16.6. The lowest BCUT2D eigenvalue weighted by atomic mass is 10.0. The van der Waals surface area contributed by atoms with Gasteiger partial charge in [-0.2, -0.15) is 0 Å². The van der Waals surface area contributed by atoms with Crippen LogP contribution in [0.5, 0.6) is 0 Å². The smallest absolute Gasteiger partial charge is 0.410 e. The largest absolute Gasteiger partial charge is 0.444 e. The van der Waals surface area contributed by atoms with E-state index >= 15 is 0 Å². The van der Waals surface area contributed by atoms with Gasteiger partial charge in [-0.05, 0) is 52.6 Å². The maximum atomic E-state index is 12.7. The normalized spacial score (nSPS) is 20.1. The number of amides is 1. The second-order valence-corrected chi connectivity index (χ2v) is 7.94. The molecule has 1 heterocycles. The van der Waals surface area contributed by atoms with Gasteiger partial charge in [0.2, 0.25) is 0 Å². The van der Waals surface area contributed by atoms with E-state index in [0.717, 1.165) is 32.5 Å². The molecule has 0 aromatic heterocycles. The molecular weight excluding hydrogens is 316 g/mol. The van der Waals surface area contributed by atoms with Gasteiger partial charge in [-0.15, -0.1) is 0 Å². The van der Waals surface area contributed by atoms with E-state index in [1.807, 2.05) is 33.8 Å². The molecule has 25 heavy (non-hydrogen) atoms. The molecule has 1 aliphatic rings. The molecule has 0 spiro atoms. The first kappa shape index (κ1) is 19.7. The molecule has 1 aromatic rings. The Morgan fingerprint density at radius 3 is 2.64 bits per heavy atom. The fourth-order valence-corrected chi connectivity index (χ4v) is 3.33. The van der Waals surface area contributed by atoms with Gasteiger partial charge >= 0.3 is 6.09 Å². The van der Waals surface area contributed by atoms with Gasteiger partial charge in [0.25, 0.3) is 0 Å². The van der Waals surface area contributed by atoms with Gasteiger partial charge < -0.3 is 9.84 Å². The van der Waals surface area contributed by atoms with Crippen molar-refractivity contribution in [3.8, 4) is 0 Å². The first-order valence-electron chi connectivity index (χ1n) is 9.18. The Hall–Kier alpha value is -1.59. The summed E-state index contributed by atoms with van der Waals surface area (Å²) in [5, 5.41) is 9.62. The van der Waals surface area contributed by atoms with Gasteiger partial charge in [0.05, 0.1) is 12.6 Å². The molecule has 0 radical (unpaired) electrons. The van der Waals surface area contributed by atoms with Crippen LogP contribution in [-0.2, 0) is 11.3 Å². The number of likely N-dealkylation sites (tertiary alicyclic amines) is 1. The van der Waals surface area contributed by atoms with Crippen LogP contribution in [0.4, 0.5) is 4.79 Å². The Morgan fingerprint density at radius 1 is 1.36 bits per heavy atom. The minimum Gasteiger partial charge on any atom is -0.444 e. The van der Waals surface area contributed by atoms with Gasteiger partial charge in [0.1, 0.15) is 5.60 Å². The Kier molecular flexibility index (Phi) is 6.85. The lowest BCUT2D eigenvalue weighted by Gasteiger charge is -2.42. The van der Waals surface area contributed by atoms with E-state index in [-0.39, 0.29) is 24.8 Å². The van der Waals surface area contributed by atoms with Gasteiger partial charge in [-0.1, -0.05) is 30.3 Å². The van der Waals surface area contributed by atoms with Crippen LogP contribution in [0.2, 0.25) is 0 Å². The fraction of sp³-hybridized carbons (Fsp3) is 0.650. The Bertz CT molecular complexity index is 542. The van der Waals surface area contributed by atoms with Crippen LogP contribution >= 0.6 is 0 Å². The van der Waals surface area contributed by atoms with E-state index in [4.69, 9.17) is 4.74 Å². The van der Waals surface area contributed by atoms with Crippen molar-refractivity contribution in [2.24, 2.45) is 0 Å². The van der Waals surface area contributed by atoms with Crippen LogP contribution in [0.1, 0.15) is 46.1 Å². The van der Waals surface area contributed by atoms with Crippen LogP contribution in [0, 0.1) is 0 Å². The second kappa shape index (κ2) is 8.68. The molecule has 5 heteroatoms. The average Bonchev–Trinajstić information content (AvgIpc) is 2.54. The van der Waals surface area contributed by atoms with Crippen LogP contribution in [0.3, 0.4) is 0 Å². The van der Waals surface area contributed by atoms with Crippen molar-refractivity contribution in [1.82, 2.24) is 9.80 Å². The van der Waals surface area contributed by atoms with E-state index < -0.39 is 5.60 Å². The van der Waals surface area contributed by atoms with Crippen molar-refractivity contribution >= 4 is 6.09 Å². The average molecular weight is 348 g/mol. The first-order valence-corrected chi connectivity index (χ1v) is 9.18. The van der Waals surface area contributed by atoms with E-state index in [0.29, 0.717) is 0 Å². The number of hydrogen-bond donors (Lipinski definition) is 1. The minimum absolute atomic E-state index is 0.0611. The molecule has 0 saturated carbocycles. The molecule has 2 atom stereocenters. The maximum absolute atomic E-state index is 12.7. The summed E-state index contributed by atoms with van der Waals surface area (Å²) in [5.41, 5.74) is 0.741. The number of aliphatic hydroxyl groups is 1. The van der Waals surface area contributed by atoms with Crippen LogP contribution in [0.15, 0.2) is 30.3 Å². The summed E-state index contributed by atoms with van der Waals surface area (Å²) in [4.78, 5) is 16.8. The lowest BCUT2D eigenvalue weighted by molar-refractivity contribution is -0.0124. The molecule has 2 rings (SSSR count). The van der Waals surface area contributed by atoms with Crippen LogP contribution < -0.4 is 0 Å². The summed E-state index contributed by atoms with van der Waals surface area (Å²) in [6, 6.07) is 10.2. The summed E-state index contributed by atoms with van der Waals surface area (Å²) in [5.74, 6) is 0. The number of rotatable bonds is 5. The van der Waals surface area contributed by atoms with E-state index in [1.165, 1.54) is 5.56 Å². The van der Waals surface area contributed by atoms with Gasteiger partial charge in [0, 0.05) is 19.1 Å². The Morgan fingerprint density at radius 2 is 2.04 bits per heavy atom. The summed E-state index contributed by atoms with van der Waals surface area (Å²) < 4.78 is 5.59. The van der Waals surface area contributed by atoms with E-state index in [1.54, 1.807) is 4.90 Å². The third-order valence-corrected chi connectivity index (χ3v) is 4.47. The van der Waals surface area contributed by atoms with Crippen molar-refractivity contribution in [3.63, 3.8) is 0 Å². The molecule has 1 amide bonds. The predicted molar refractivity (Wildman–Crippen MR) is 99.4 cm³/mol. The number of piperidine rings is 1. The molecule has 2 unspecified atom stereocenters. The zero-order valence-electron chi connectivity index (χ0n) is 15.9. The number of aliphatic hydroxyl groups excluding tert-OH is 1. The van der Waals surface area contributed by atoms with E-state index in [9.17, 15) is 9.90 Å². The summed E-state index contributed by atoms with van der Waals surface area (Å²) in [6.07, 6.45) is 1.64. The van der Waals surface area contributed by atoms with E-state index in [2.05, 4.69) is 29.2 Å². The standard InChI is InChI=1S/C20H32N2O3/c1-16(15-23)22(19(24)25-20(2,3)4)18-11-8-12-21(14-18)13-17-9-6-5-7-10-17/h5-7,9-10,16,18,23H,8,11-15H2,1-4H3. The molecule has 5 nitrogen and oxygen atoms in total. The number of ether oxygens (including phenoxy) is 1. The Balaban J connectivity index is 2.07. The van der Waals surface area contributed by atoms with Crippen LogP contribution in [0.25, 0.3) is 0 Å². The minimum atomic E-state index is -0.539. The van der Waals surface area contributed by atoms with Crippen molar-refractivity contribution in [2.75, 3.05) is 19.7 Å². The highest BCUT2D eigenvalue weighted by Gasteiger charge is 2.34. The molecule has 1 N–H and O–H groups in total. The SMILES string of the molecule is CC(CO)N(C(=O)OC(C)(C)C)C1CCCN(Cc2ccccc2)C1. The summed E-state index contributed by atoms with van der Waals surface area (Å²) in [6.45, 7) is 10.1. The zero-order valence-corrected chi connectivity index (χ0v) is 15.9. The topological polar surface area (TPSA) is 53.0 Å². The molecule has 1 aromatic carbocycles. The second-order valence-electron chi connectivity index (χ2n) is 7.94. The summed E-state index contributed by atoms with van der Waals surface area (Å²) >= 11 is 0. The highest BCUT2D eigenvalue weighted by Crippen LogP contribution is 2.22. The lowest BCUT2D eigenvalue weighted by Crippen LogP contribution is -2.55. The molecule has 140 valence electrons. The third-order valence-electron chi connectivity index (χ3n) is 4.47. The van der Waals surface area contributed by atoms with Gasteiger partial charge in [-0.3, -0.25) is 9.80 Å². The predicted octanol–water partition coefficient (Wildman–Crippen LogP) is 3.27. The first-order chi connectivity index (χ1) is 11.8. The molecule has 0 bridgehead atoms. The molecule has 1 saturated heterocycles. The van der Waals surface area contributed by atoms with Crippen molar-refractivity contribution in [3.05, 3.63) is 35.9 Å². The quantitative estimate of drug-likeness (QED) is 0.887. The van der Waals surface area contributed by atoms with Crippen molar-refractivity contribution in [1.29, 1.82) is 0 Å². The van der Waals surface area contributed by atoms with Gasteiger partial charge in [0.15, 0.2) is 0 Å².